The molecule has 0 aliphatic heterocycles. The summed E-state index contributed by atoms with van der Waals surface area (Å²) in [7, 11) is 0. The minimum Gasteiger partial charge on any atom is -0.335 e. The van der Waals surface area contributed by atoms with Crippen LogP contribution in [0.5, 0.6) is 0 Å². The van der Waals surface area contributed by atoms with Gasteiger partial charge >= 0.3 is 6.03 Å². The van der Waals surface area contributed by atoms with Crippen molar-refractivity contribution in [2.75, 3.05) is 6.54 Å². The Morgan fingerprint density at radius 2 is 2.07 bits per heavy atom. The van der Waals surface area contributed by atoms with Crippen molar-refractivity contribution in [3.8, 4) is 0 Å². The van der Waals surface area contributed by atoms with E-state index in [1.165, 1.54) is 6.42 Å². The van der Waals surface area contributed by atoms with E-state index in [1.807, 2.05) is 4.90 Å². The SMILES string of the molecule is CC(C)N(C[C@@H]1C[C@@H]1C)C(=O)NC1CC1. The van der Waals surface area contributed by atoms with Gasteiger partial charge in [-0.25, -0.2) is 4.79 Å². The number of amides is 2. The second kappa shape index (κ2) is 4.03. The fourth-order valence-corrected chi connectivity index (χ4v) is 1.92. The molecule has 0 heterocycles. The van der Waals surface area contributed by atoms with Crippen LogP contribution in [0.15, 0.2) is 0 Å². The molecule has 0 radical (unpaired) electrons. The zero-order chi connectivity index (χ0) is 11.0. The molecule has 3 nitrogen and oxygen atoms in total. The normalized spacial score (nSPS) is 29.1. The molecule has 2 amide bonds. The lowest BCUT2D eigenvalue weighted by Gasteiger charge is -2.27. The molecule has 1 N–H and O–H groups in total. The van der Waals surface area contributed by atoms with Crippen LogP contribution in [-0.2, 0) is 0 Å². The van der Waals surface area contributed by atoms with E-state index in [9.17, 15) is 4.79 Å². The van der Waals surface area contributed by atoms with Crippen LogP contribution in [0.3, 0.4) is 0 Å². The maximum absolute atomic E-state index is 11.9. The first-order valence-corrected chi connectivity index (χ1v) is 6.15. The molecule has 0 aromatic heterocycles. The zero-order valence-corrected chi connectivity index (χ0v) is 9.99. The van der Waals surface area contributed by atoms with Gasteiger partial charge in [-0.05, 0) is 44.9 Å². The molecule has 2 atom stereocenters. The van der Waals surface area contributed by atoms with Crippen LogP contribution in [0.25, 0.3) is 0 Å². The fraction of sp³-hybridized carbons (Fsp3) is 0.917. The van der Waals surface area contributed by atoms with Gasteiger partial charge in [-0.3, -0.25) is 0 Å². The molecule has 2 saturated carbocycles. The summed E-state index contributed by atoms with van der Waals surface area (Å²) in [4.78, 5) is 13.9. The molecule has 15 heavy (non-hydrogen) atoms. The van der Waals surface area contributed by atoms with Gasteiger partial charge in [0.15, 0.2) is 0 Å². The van der Waals surface area contributed by atoms with Crippen LogP contribution in [0, 0.1) is 11.8 Å². The van der Waals surface area contributed by atoms with Gasteiger partial charge in [-0.15, -0.1) is 0 Å². The van der Waals surface area contributed by atoms with Gasteiger partial charge in [0, 0.05) is 18.6 Å². The summed E-state index contributed by atoms with van der Waals surface area (Å²) in [5.41, 5.74) is 0. The number of carbonyl (C=O) groups excluding carboxylic acids is 1. The largest absolute Gasteiger partial charge is 0.335 e. The van der Waals surface area contributed by atoms with Crippen molar-refractivity contribution in [2.45, 2.75) is 52.1 Å². The Labute approximate surface area is 92.2 Å². The Bertz CT molecular complexity index is 248. The monoisotopic (exact) mass is 210 g/mol. The first-order chi connectivity index (χ1) is 7.08. The maximum atomic E-state index is 11.9. The quantitative estimate of drug-likeness (QED) is 0.758. The van der Waals surface area contributed by atoms with Crippen molar-refractivity contribution in [3.05, 3.63) is 0 Å². The first-order valence-electron chi connectivity index (χ1n) is 6.15. The Morgan fingerprint density at radius 1 is 1.47 bits per heavy atom. The maximum Gasteiger partial charge on any atom is 0.317 e. The minimum absolute atomic E-state index is 0.145. The van der Waals surface area contributed by atoms with Gasteiger partial charge in [0.25, 0.3) is 0 Å². The average Bonchev–Trinajstić information content (AvgIpc) is 3.01. The Balaban J connectivity index is 1.83. The van der Waals surface area contributed by atoms with E-state index in [2.05, 4.69) is 26.1 Å². The average molecular weight is 210 g/mol. The van der Waals surface area contributed by atoms with Gasteiger partial charge in [-0.2, -0.15) is 0 Å². The molecule has 0 unspecified atom stereocenters. The molecule has 0 saturated heterocycles. The van der Waals surface area contributed by atoms with Gasteiger partial charge in [0.05, 0.1) is 0 Å². The van der Waals surface area contributed by atoms with Crippen LogP contribution >= 0.6 is 0 Å². The number of urea groups is 1. The highest BCUT2D eigenvalue weighted by Gasteiger charge is 2.36. The second-order valence-electron chi connectivity index (χ2n) is 5.44. The van der Waals surface area contributed by atoms with E-state index >= 15 is 0 Å². The van der Waals surface area contributed by atoms with Gasteiger partial charge in [0.1, 0.15) is 0 Å². The number of hydrogen-bond donors (Lipinski definition) is 1. The molecule has 0 aromatic carbocycles. The van der Waals surface area contributed by atoms with E-state index in [1.54, 1.807) is 0 Å². The summed E-state index contributed by atoms with van der Waals surface area (Å²) in [5.74, 6) is 1.57. The number of nitrogens with one attached hydrogen (secondary N) is 1. The van der Waals surface area contributed by atoms with E-state index < -0.39 is 0 Å². The molecule has 2 aliphatic rings. The third kappa shape index (κ3) is 2.86. The van der Waals surface area contributed by atoms with Crippen molar-refractivity contribution in [1.82, 2.24) is 10.2 Å². The van der Waals surface area contributed by atoms with E-state index in [0.717, 1.165) is 31.2 Å². The molecular formula is C12H22N2O. The highest BCUT2D eigenvalue weighted by Crippen LogP contribution is 2.38. The number of hydrogen-bond acceptors (Lipinski definition) is 1. The van der Waals surface area contributed by atoms with Crippen LogP contribution in [-0.4, -0.2) is 29.6 Å². The smallest absolute Gasteiger partial charge is 0.317 e. The molecule has 0 spiro atoms. The molecule has 86 valence electrons. The second-order valence-corrected chi connectivity index (χ2v) is 5.44. The third-order valence-electron chi connectivity index (χ3n) is 3.50. The standard InChI is InChI=1S/C12H22N2O/c1-8(2)14(7-10-6-9(10)3)12(15)13-11-4-5-11/h8-11H,4-7H2,1-3H3,(H,13,15)/t9-,10-/m0/s1. The highest BCUT2D eigenvalue weighted by molar-refractivity contribution is 5.75. The summed E-state index contributed by atoms with van der Waals surface area (Å²) in [6.45, 7) is 7.40. The number of nitrogens with zero attached hydrogens (tertiary/aromatic N) is 1. The van der Waals surface area contributed by atoms with E-state index in [4.69, 9.17) is 0 Å². The molecule has 0 bridgehead atoms. The highest BCUT2D eigenvalue weighted by atomic mass is 16.2. The summed E-state index contributed by atoms with van der Waals surface area (Å²) >= 11 is 0. The van der Waals surface area contributed by atoms with Gasteiger partial charge in [0.2, 0.25) is 0 Å². The molecule has 2 aliphatic carbocycles. The molecule has 2 rings (SSSR count). The predicted octanol–water partition coefficient (Wildman–Crippen LogP) is 2.22. The zero-order valence-electron chi connectivity index (χ0n) is 9.99. The molecule has 0 aromatic rings. The summed E-state index contributed by atoms with van der Waals surface area (Å²) in [6.07, 6.45) is 3.62. The van der Waals surface area contributed by atoms with Crippen molar-refractivity contribution >= 4 is 6.03 Å². The topological polar surface area (TPSA) is 32.3 Å². The Morgan fingerprint density at radius 3 is 2.47 bits per heavy atom. The van der Waals surface area contributed by atoms with E-state index in [0.29, 0.717) is 12.1 Å². The molecule has 3 heteroatoms. The lowest BCUT2D eigenvalue weighted by molar-refractivity contribution is 0.178. The number of carbonyl (C=O) groups is 1. The van der Waals surface area contributed by atoms with Crippen molar-refractivity contribution in [3.63, 3.8) is 0 Å². The Kier molecular flexibility index (Phi) is 2.89. The summed E-state index contributed by atoms with van der Waals surface area (Å²) in [5, 5.41) is 3.07. The lowest BCUT2D eigenvalue weighted by atomic mass is 10.2. The lowest BCUT2D eigenvalue weighted by Crippen LogP contribution is -2.45. The van der Waals surface area contributed by atoms with Crippen LogP contribution in [0.4, 0.5) is 4.79 Å². The third-order valence-corrected chi connectivity index (χ3v) is 3.50. The molecular weight excluding hydrogens is 188 g/mol. The van der Waals surface area contributed by atoms with Gasteiger partial charge < -0.3 is 10.2 Å². The molecule has 2 fully saturated rings. The fourth-order valence-electron chi connectivity index (χ4n) is 1.92. The minimum atomic E-state index is 0.145. The van der Waals surface area contributed by atoms with Crippen LogP contribution in [0.1, 0.15) is 40.0 Å². The van der Waals surface area contributed by atoms with Gasteiger partial charge in [-0.1, -0.05) is 6.92 Å². The Hall–Kier alpha value is -0.730. The van der Waals surface area contributed by atoms with Crippen molar-refractivity contribution < 1.29 is 4.79 Å². The predicted molar refractivity (Wildman–Crippen MR) is 60.7 cm³/mol. The van der Waals surface area contributed by atoms with Crippen LogP contribution < -0.4 is 5.32 Å². The summed E-state index contributed by atoms with van der Waals surface area (Å²) < 4.78 is 0. The van der Waals surface area contributed by atoms with Crippen LogP contribution in [0.2, 0.25) is 0 Å². The van der Waals surface area contributed by atoms with Crippen molar-refractivity contribution in [1.29, 1.82) is 0 Å². The van der Waals surface area contributed by atoms with E-state index in [-0.39, 0.29) is 6.03 Å². The first kappa shape index (κ1) is 10.8. The number of rotatable bonds is 4. The van der Waals surface area contributed by atoms with Crippen molar-refractivity contribution in [2.24, 2.45) is 11.8 Å². The summed E-state index contributed by atoms with van der Waals surface area (Å²) in [6, 6.07) is 0.929.